The number of rotatable bonds is 4. The monoisotopic (exact) mass is 356 g/mol. The van der Waals surface area contributed by atoms with Crippen molar-refractivity contribution in [2.45, 2.75) is 12.8 Å². The van der Waals surface area contributed by atoms with Crippen LogP contribution in [0.5, 0.6) is 11.5 Å². The van der Waals surface area contributed by atoms with E-state index in [1.54, 1.807) is 7.11 Å². The Labute approximate surface area is 153 Å². The van der Waals surface area contributed by atoms with Gasteiger partial charge in [0.15, 0.2) is 0 Å². The summed E-state index contributed by atoms with van der Waals surface area (Å²) in [5, 5.41) is 0. The smallest absolute Gasteiger partial charge is 0.227 e. The molecule has 2 N–H and O–H groups in total. The number of benzene rings is 1. The Morgan fingerprint density at radius 2 is 2.08 bits per heavy atom. The minimum Gasteiger partial charge on any atom is -0.497 e. The quantitative estimate of drug-likeness (QED) is 0.893. The molecule has 2 aliphatic rings. The van der Waals surface area contributed by atoms with E-state index in [9.17, 15) is 0 Å². The van der Waals surface area contributed by atoms with E-state index in [4.69, 9.17) is 24.9 Å². The van der Waals surface area contributed by atoms with Crippen molar-refractivity contribution in [1.82, 2.24) is 9.97 Å². The van der Waals surface area contributed by atoms with E-state index < -0.39 is 0 Å². The molecular weight excluding hydrogens is 332 g/mol. The van der Waals surface area contributed by atoms with E-state index in [0.717, 1.165) is 43.1 Å². The van der Waals surface area contributed by atoms with Crippen molar-refractivity contribution in [2.75, 3.05) is 50.7 Å². The number of fused-ring (bicyclic) bond motifs is 1. The molecule has 1 saturated heterocycles. The Hall–Kier alpha value is -2.54. The van der Waals surface area contributed by atoms with Crippen LogP contribution < -0.4 is 20.1 Å². The SMILES string of the molecule is COc1ccc2c(c1)OC[C@@H](Cc1cc(N)nc(N3CCOCC3)n1)C2. The first kappa shape index (κ1) is 16.9. The summed E-state index contributed by atoms with van der Waals surface area (Å²) in [5.74, 6) is 3.31. The van der Waals surface area contributed by atoms with Crippen LogP contribution in [-0.2, 0) is 17.6 Å². The van der Waals surface area contributed by atoms with E-state index in [2.05, 4.69) is 16.0 Å². The zero-order valence-electron chi connectivity index (χ0n) is 15.0. The molecule has 3 heterocycles. The molecule has 1 atom stereocenters. The molecule has 0 amide bonds. The molecule has 0 aliphatic carbocycles. The van der Waals surface area contributed by atoms with Crippen LogP contribution in [0.2, 0.25) is 0 Å². The maximum Gasteiger partial charge on any atom is 0.227 e. The van der Waals surface area contributed by atoms with Crippen molar-refractivity contribution in [3.8, 4) is 11.5 Å². The van der Waals surface area contributed by atoms with Gasteiger partial charge in [0.1, 0.15) is 17.3 Å². The third kappa shape index (κ3) is 3.67. The van der Waals surface area contributed by atoms with Crippen molar-refractivity contribution in [1.29, 1.82) is 0 Å². The Balaban J connectivity index is 1.48. The van der Waals surface area contributed by atoms with Gasteiger partial charge in [-0.2, -0.15) is 4.98 Å². The maximum atomic E-state index is 6.03. The Bertz CT molecular complexity index is 777. The van der Waals surface area contributed by atoms with Crippen LogP contribution in [0.1, 0.15) is 11.3 Å². The Morgan fingerprint density at radius 1 is 1.23 bits per heavy atom. The summed E-state index contributed by atoms with van der Waals surface area (Å²) in [6.45, 7) is 3.65. The van der Waals surface area contributed by atoms with Gasteiger partial charge in [-0.05, 0) is 24.5 Å². The van der Waals surface area contributed by atoms with Crippen molar-refractivity contribution in [2.24, 2.45) is 5.92 Å². The summed E-state index contributed by atoms with van der Waals surface area (Å²) in [6, 6.07) is 7.87. The lowest BCUT2D eigenvalue weighted by Crippen LogP contribution is -2.37. The first-order valence-corrected chi connectivity index (χ1v) is 8.97. The van der Waals surface area contributed by atoms with Crippen LogP contribution in [0.25, 0.3) is 0 Å². The molecule has 0 saturated carbocycles. The number of nitrogens with zero attached hydrogens (tertiary/aromatic N) is 3. The molecule has 0 bridgehead atoms. The molecule has 7 nitrogen and oxygen atoms in total. The fraction of sp³-hybridized carbons (Fsp3) is 0.474. The second-order valence-electron chi connectivity index (χ2n) is 6.74. The molecule has 1 fully saturated rings. The lowest BCUT2D eigenvalue weighted by molar-refractivity contribution is 0.122. The number of ether oxygens (including phenoxy) is 3. The lowest BCUT2D eigenvalue weighted by Gasteiger charge is -2.28. The number of morpholine rings is 1. The number of hydrogen-bond donors (Lipinski definition) is 1. The van der Waals surface area contributed by atoms with E-state index in [1.807, 2.05) is 18.2 Å². The lowest BCUT2D eigenvalue weighted by atomic mass is 9.92. The summed E-state index contributed by atoms with van der Waals surface area (Å²) in [4.78, 5) is 11.3. The predicted molar refractivity (Wildman–Crippen MR) is 98.9 cm³/mol. The van der Waals surface area contributed by atoms with Gasteiger partial charge in [-0.3, -0.25) is 0 Å². The second kappa shape index (κ2) is 7.37. The number of anilines is 2. The third-order valence-electron chi connectivity index (χ3n) is 4.84. The fourth-order valence-corrected chi connectivity index (χ4v) is 3.48. The molecule has 0 radical (unpaired) electrons. The van der Waals surface area contributed by atoms with Crippen LogP contribution in [0.3, 0.4) is 0 Å². The van der Waals surface area contributed by atoms with Crippen LogP contribution in [0, 0.1) is 5.92 Å². The topological polar surface area (TPSA) is 82.7 Å². The maximum absolute atomic E-state index is 6.03. The van der Waals surface area contributed by atoms with Crippen molar-refractivity contribution in [3.05, 3.63) is 35.5 Å². The van der Waals surface area contributed by atoms with E-state index >= 15 is 0 Å². The molecule has 1 aromatic heterocycles. The Morgan fingerprint density at radius 3 is 2.88 bits per heavy atom. The molecule has 0 unspecified atom stereocenters. The molecule has 4 rings (SSSR count). The van der Waals surface area contributed by atoms with Crippen LogP contribution in [-0.4, -0.2) is 50.0 Å². The molecule has 26 heavy (non-hydrogen) atoms. The standard InChI is InChI=1S/C19H24N4O3/c1-24-16-3-2-14-8-13(12-26-17(14)11-16)9-15-10-18(20)22-19(21-15)23-4-6-25-7-5-23/h2-3,10-11,13H,4-9,12H2,1H3,(H2,20,21,22)/t13-/m1/s1. The highest BCUT2D eigenvalue weighted by Gasteiger charge is 2.22. The van der Waals surface area contributed by atoms with Gasteiger partial charge < -0.3 is 24.8 Å². The largest absolute Gasteiger partial charge is 0.497 e. The summed E-state index contributed by atoms with van der Waals surface area (Å²) in [5.41, 5.74) is 8.19. The van der Waals surface area contributed by atoms with Gasteiger partial charge >= 0.3 is 0 Å². The zero-order valence-corrected chi connectivity index (χ0v) is 15.0. The van der Waals surface area contributed by atoms with E-state index in [-0.39, 0.29) is 0 Å². The van der Waals surface area contributed by atoms with Gasteiger partial charge in [0.2, 0.25) is 5.95 Å². The number of hydrogen-bond acceptors (Lipinski definition) is 7. The van der Waals surface area contributed by atoms with Crippen LogP contribution in [0.4, 0.5) is 11.8 Å². The van der Waals surface area contributed by atoms with Crippen molar-refractivity contribution < 1.29 is 14.2 Å². The predicted octanol–water partition coefficient (Wildman–Crippen LogP) is 1.70. The number of nitrogen functional groups attached to an aromatic ring is 1. The van der Waals surface area contributed by atoms with Gasteiger partial charge in [0.25, 0.3) is 0 Å². The molecule has 1 aromatic carbocycles. The highest BCUT2D eigenvalue weighted by molar-refractivity contribution is 5.43. The highest BCUT2D eigenvalue weighted by atomic mass is 16.5. The molecule has 138 valence electrons. The van der Waals surface area contributed by atoms with Gasteiger partial charge in [0, 0.05) is 36.8 Å². The second-order valence-corrected chi connectivity index (χ2v) is 6.74. The average molecular weight is 356 g/mol. The molecule has 2 aliphatic heterocycles. The summed E-state index contributed by atoms with van der Waals surface area (Å²) in [7, 11) is 1.67. The van der Waals surface area contributed by atoms with Crippen LogP contribution >= 0.6 is 0 Å². The number of methoxy groups -OCH3 is 1. The Kier molecular flexibility index (Phi) is 4.79. The van der Waals surface area contributed by atoms with E-state index in [1.165, 1.54) is 5.56 Å². The average Bonchev–Trinajstić information content (AvgIpc) is 2.68. The van der Waals surface area contributed by atoms with Gasteiger partial charge in [0.05, 0.1) is 26.9 Å². The highest BCUT2D eigenvalue weighted by Crippen LogP contribution is 2.32. The summed E-state index contributed by atoms with van der Waals surface area (Å²) in [6.07, 6.45) is 1.77. The summed E-state index contributed by atoms with van der Waals surface area (Å²) >= 11 is 0. The summed E-state index contributed by atoms with van der Waals surface area (Å²) < 4.78 is 16.6. The molecule has 2 aromatic rings. The zero-order chi connectivity index (χ0) is 17.9. The first-order chi connectivity index (χ1) is 12.7. The molecular formula is C19H24N4O3. The van der Waals surface area contributed by atoms with Gasteiger partial charge in [-0.1, -0.05) is 6.07 Å². The normalized spacial score (nSPS) is 19.6. The van der Waals surface area contributed by atoms with Gasteiger partial charge in [-0.15, -0.1) is 0 Å². The fourth-order valence-electron chi connectivity index (χ4n) is 3.48. The van der Waals surface area contributed by atoms with Crippen molar-refractivity contribution in [3.63, 3.8) is 0 Å². The van der Waals surface area contributed by atoms with Crippen molar-refractivity contribution >= 4 is 11.8 Å². The van der Waals surface area contributed by atoms with Crippen LogP contribution in [0.15, 0.2) is 24.3 Å². The molecule has 0 spiro atoms. The third-order valence-corrected chi connectivity index (χ3v) is 4.84. The first-order valence-electron chi connectivity index (χ1n) is 8.97. The number of nitrogens with two attached hydrogens (primary N) is 1. The minimum absolute atomic E-state index is 0.364. The number of aromatic nitrogens is 2. The molecule has 7 heteroatoms. The van der Waals surface area contributed by atoms with E-state index in [0.29, 0.717) is 37.5 Å². The van der Waals surface area contributed by atoms with Gasteiger partial charge in [-0.25, -0.2) is 4.98 Å². The minimum atomic E-state index is 0.364.